The first kappa shape index (κ1) is 19.6. The van der Waals surface area contributed by atoms with E-state index in [-0.39, 0.29) is 12.5 Å². The van der Waals surface area contributed by atoms with E-state index in [4.69, 9.17) is 16.3 Å². The molecule has 2 rings (SSSR count). The molecule has 0 heterocycles. The maximum absolute atomic E-state index is 12.6. The monoisotopic (exact) mass is 363 g/mol. The maximum Gasteiger partial charge on any atom is 0.237 e. The van der Waals surface area contributed by atoms with Gasteiger partial charge in [-0.3, -0.25) is 9.69 Å². The van der Waals surface area contributed by atoms with E-state index in [1.54, 1.807) is 24.1 Å². The molecule has 5 nitrogen and oxygen atoms in total. The Kier molecular flexibility index (Phi) is 7.10. The van der Waals surface area contributed by atoms with Crippen LogP contribution in [0.15, 0.2) is 24.3 Å². The number of nitrogens with zero attached hydrogens (tertiary/aromatic N) is 3. The van der Waals surface area contributed by atoms with Gasteiger partial charge in [-0.25, -0.2) is 0 Å². The molecule has 0 atom stereocenters. The summed E-state index contributed by atoms with van der Waals surface area (Å²) in [7, 11) is 3.64. The third kappa shape index (κ3) is 5.35. The standard InChI is InChI=1S/C19H26ClN3O2/c1-22(11-12-25-17-8-6-7-16(20)13-17)14-18(24)23(2)19(15-21)9-4-3-5-10-19/h6-8,13H,3-5,9-12,14H2,1-2H3. The van der Waals surface area contributed by atoms with Gasteiger partial charge in [-0.05, 0) is 38.1 Å². The summed E-state index contributed by atoms with van der Waals surface area (Å²) >= 11 is 5.92. The van der Waals surface area contributed by atoms with Gasteiger partial charge < -0.3 is 9.64 Å². The van der Waals surface area contributed by atoms with Gasteiger partial charge in [0.05, 0.1) is 12.6 Å². The van der Waals surface area contributed by atoms with Crippen molar-refractivity contribution in [2.24, 2.45) is 0 Å². The minimum absolute atomic E-state index is 0.0197. The summed E-state index contributed by atoms with van der Waals surface area (Å²) in [6, 6.07) is 9.64. The number of hydrogen-bond donors (Lipinski definition) is 0. The van der Waals surface area contributed by atoms with Crippen LogP contribution in [0.3, 0.4) is 0 Å². The van der Waals surface area contributed by atoms with Crippen LogP contribution in [0.1, 0.15) is 32.1 Å². The zero-order valence-electron chi connectivity index (χ0n) is 15.0. The summed E-state index contributed by atoms with van der Waals surface area (Å²) in [5, 5.41) is 10.2. The predicted octanol–water partition coefficient (Wildman–Crippen LogP) is 3.34. The lowest BCUT2D eigenvalue weighted by Gasteiger charge is -2.39. The van der Waals surface area contributed by atoms with Crippen LogP contribution in [0.25, 0.3) is 0 Å². The van der Waals surface area contributed by atoms with Crippen molar-refractivity contribution in [2.75, 3.05) is 33.8 Å². The SMILES string of the molecule is CN(CCOc1cccc(Cl)c1)CC(=O)N(C)C1(C#N)CCCCC1. The average Bonchev–Trinajstić information content (AvgIpc) is 2.61. The minimum Gasteiger partial charge on any atom is -0.492 e. The van der Waals surface area contributed by atoms with Gasteiger partial charge in [0.2, 0.25) is 5.91 Å². The molecule has 1 amide bonds. The lowest BCUT2D eigenvalue weighted by atomic mass is 9.81. The van der Waals surface area contributed by atoms with Crippen LogP contribution in [-0.2, 0) is 4.79 Å². The fraction of sp³-hybridized carbons (Fsp3) is 0.579. The number of halogens is 1. The third-order valence-corrected chi connectivity index (χ3v) is 5.08. The van der Waals surface area contributed by atoms with Crippen molar-refractivity contribution in [3.8, 4) is 11.8 Å². The van der Waals surface area contributed by atoms with Crippen LogP contribution in [0.4, 0.5) is 0 Å². The topological polar surface area (TPSA) is 56.6 Å². The second-order valence-electron chi connectivity index (χ2n) is 6.70. The van der Waals surface area contributed by atoms with E-state index < -0.39 is 5.54 Å². The smallest absolute Gasteiger partial charge is 0.237 e. The highest BCUT2D eigenvalue weighted by atomic mass is 35.5. The lowest BCUT2D eigenvalue weighted by Crippen LogP contribution is -2.52. The fourth-order valence-electron chi connectivity index (χ4n) is 3.19. The molecule has 0 unspecified atom stereocenters. The Morgan fingerprint density at radius 3 is 2.68 bits per heavy atom. The number of nitriles is 1. The minimum atomic E-state index is -0.631. The number of carbonyl (C=O) groups excluding carboxylic acids is 1. The summed E-state index contributed by atoms with van der Waals surface area (Å²) in [6.07, 6.45) is 4.70. The molecule has 1 fully saturated rings. The summed E-state index contributed by atoms with van der Waals surface area (Å²) < 4.78 is 5.65. The molecule has 0 N–H and O–H groups in total. The predicted molar refractivity (Wildman–Crippen MR) is 98.6 cm³/mol. The summed E-state index contributed by atoms with van der Waals surface area (Å²) in [4.78, 5) is 16.1. The van der Waals surface area contributed by atoms with Crippen molar-refractivity contribution in [1.82, 2.24) is 9.80 Å². The number of carbonyl (C=O) groups is 1. The van der Waals surface area contributed by atoms with E-state index in [0.29, 0.717) is 18.2 Å². The van der Waals surface area contributed by atoms with Gasteiger partial charge >= 0.3 is 0 Å². The normalized spacial score (nSPS) is 16.3. The van der Waals surface area contributed by atoms with E-state index in [1.165, 1.54) is 0 Å². The maximum atomic E-state index is 12.6. The Balaban J connectivity index is 1.80. The van der Waals surface area contributed by atoms with Gasteiger partial charge in [-0.15, -0.1) is 0 Å². The van der Waals surface area contributed by atoms with Gasteiger partial charge in [0.1, 0.15) is 17.9 Å². The van der Waals surface area contributed by atoms with Crippen LogP contribution < -0.4 is 4.74 Å². The van der Waals surface area contributed by atoms with Crippen LogP contribution in [0.5, 0.6) is 5.75 Å². The lowest BCUT2D eigenvalue weighted by molar-refractivity contribution is -0.135. The first-order chi connectivity index (χ1) is 12.0. The molecule has 136 valence electrons. The third-order valence-electron chi connectivity index (χ3n) is 4.85. The number of rotatable bonds is 7. The second kappa shape index (κ2) is 9.07. The molecular formula is C19H26ClN3O2. The molecule has 1 aliphatic carbocycles. The highest BCUT2D eigenvalue weighted by molar-refractivity contribution is 6.30. The summed E-state index contributed by atoms with van der Waals surface area (Å²) in [6.45, 7) is 1.36. The zero-order valence-corrected chi connectivity index (χ0v) is 15.8. The number of likely N-dealkylation sites (N-methyl/N-ethyl adjacent to an activating group) is 2. The van der Waals surface area contributed by atoms with E-state index in [0.717, 1.165) is 37.9 Å². The number of amides is 1. The molecule has 0 aliphatic heterocycles. The summed E-state index contributed by atoms with van der Waals surface area (Å²) in [5.41, 5.74) is -0.631. The zero-order chi connectivity index (χ0) is 18.3. The van der Waals surface area contributed by atoms with Crippen molar-refractivity contribution in [1.29, 1.82) is 5.26 Å². The van der Waals surface area contributed by atoms with Gasteiger partial charge in [-0.2, -0.15) is 5.26 Å². The van der Waals surface area contributed by atoms with Crippen LogP contribution in [0, 0.1) is 11.3 Å². The van der Waals surface area contributed by atoms with Gasteiger partial charge in [0.25, 0.3) is 0 Å². The van der Waals surface area contributed by atoms with Gasteiger partial charge in [0, 0.05) is 18.6 Å². The Morgan fingerprint density at radius 1 is 1.32 bits per heavy atom. The van der Waals surface area contributed by atoms with Crippen LogP contribution >= 0.6 is 11.6 Å². The molecular weight excluding hydrogens is 338 g/mol. The van der Waals surface area contributed by atoms with Crippen molar-refractivity contribution in [3.05, 3.63) is 29.3 Å². The Labute approximate surface area is 155 Å². The average molecular weight is 364 g/mol. The van der Waals surface area contributed by atoms with E-state index in [2.05, 4.69) is 6.07 Å². The molecule has 0 aromatic heterocycles. The first-order valence-electron chi connectivity index (χ1n) is 8.72. The van der Waals surface area contributed by atoms with Crippen molar-refractivity contribution in [3.63, 3.8) is 0 Å². The van der Waals surface area contributed by atoms with Crippen molar-refractivity contribution in [2.45, 2.75) is 37.6 Å². The van der Waals surface area contributed by atoms with Gasteiger partial charge in [0.15, 0.2) is 0 Å². The molecule has 6 heteroatoms. The first-order valence-corrected chi connectivity index (χ1v) is 9.09. The van der Waals surface area contributed by atoms with Crippen molar-refractivity contribution >= 4 is 17.5 Å². The Morgan fingerprint density at radius 2 is 2.04 bits per heavy atom. The second-order valence-corrected chi connectivity index (χ2v) is 7.14. The Bertz CT molecular complexity index is 623. The molecule has 25 heavy (non-hydrogen) atoms. The quantitative estimate of drug-likeness (QED) is 0.745. The molecule has 0 spiro atoms. The fourth-order valence-corrected chi connectivity index (χ4v) is 3.37. The van der Waals surface area contributed by atoms with E-state index in [9.17, 15) is 10.1 Å². The molecule has 1 aliphatic rings. The molecule has 1 saturated carbocycles. The number of benzene rings is 1. The molecule has 0 radical (unpaired) electrons. The van der Waals surface area contributed by atoms with Gasteiger partial charge in [-0.1, -0.05) is 36.9 Å². The highest BCUT2D eigenvalue weighted by Gasteiger charge is 2.38. The molecule has 0 bridgehead atoms. The molecule has 1 aromatic rings. The van der Waals surface area contributed by atoms with E-state index in [1.807, 2.05) is 24.1 Å². The molecule has 1 aromatic carbocycles. The molecule has 0 saturated heterocycles. The Hall–Kier alpha value is -1.77. The largest absolute Gasteiger partial charge is 0.492 e. The number of ether oxygens (including phenoxy) is 1. The highest BCUT2D eigenvalue weighted by Crippen LogP contribution is 2.32. The van der Waals surface area contributed by atoms with E-state index >= 15 is 0 Å². The number of hydrogen-bond acceptors (Lipinski definition) is 4. The van der Waals surface area contributed by atoms with Crippen molar-refractivity contribution < 1.29 is 9.53 Å². The summed E-state index contributed by atoms with van der Waals surface area (Å²) in [5.74, 6) is 0.698. The van der Waals surface area contributed by atoms with Crippen LogP contribution in [0.2, 0.25) is 5.02 Å². The van der Waals surface area contributed by atoms with Crippen LogP contribution in [-0.4, -0.2) is 55.0 Å².